The lowest BCUT2D eigenvalue weighted by molar-refractivity contribution is 0.672. The van der Waals surface area contributed by atoms with Gasteiger partial charge in [-0.05, 0) is 130 Å². The van der Waals surface area contributed by atoms with Gasteiger partial charge in [0.2, 0.25) is 0 Å². The molecule has 13 aromatic rings. The van der Waals surface area contributed by atoms with E-state index in [2.05, 4.69) is 241 Å². The number of furan rings is 1. The van der Waals surface area contributed by atoms with Crippen LogP contribution in [0.25, 0.3) is 109 Å². The molecule has 1 aromatic heterocycles. The molecule has 2 heteroatoms. The highest BCUT2D eigenvalue weighted by atomic mass is 16.3. The van der Waals surface area contributed by atoms with Gasteiger partial charge in [-0.25, -0.2) is 0 Å². The third-order valence-electron chi connectivity index (χ3n) is 13.2. The quantitative estimate of drug-likeness (QED) is 0.156. The minimum atomic E-state index is 0.862. The van der Waals surface area contributed by atoms with Crippen LogP contribution in [0.4, 0.5) is 17.1 Å². The first-order valence-electron chi connectivity index (χ1n) is 22.0. The minimum absolute atomic E-state index is 0.862. The van der Waals surface area contributed by atoms with E-state index in [-0.39, 0.29) is 0 Å². The predicted molar refractivity (Wildman–Crippen MR) is 272 cm³/mol. The molecule has 0 bridgehead atoms. The molecule has 64 heavy (non-hydrogen) atoms. The Morgan fingerprint density at radius 1 is 0.281 bits per heavy atom. The van der Waals surface area contributed by atoms with E-state index in [4.69, 9.17) is 4.42 Å². The minimum Gasteiger partial charge on any atom is -0.455 e. The molecule has 13 rings (SSSR count). The molecule has 1 heterocycles. The molecule has 2 nitrogen and oxygen atoms in total. The lowest BCUT2D eigenvalue weighted by Crippen LogP contribution is -2.10. The van der Waals surface area contributed by atoms with Crippen molar-refractivity contribution in [2.75, 3.05) is 4.90 Å². The summed E-state index contributed by atoms with van der Waals surface area (Å²) in [7, 11) is 0. The summed E-state index contributed by atoms with van der Waals surface area (Å²) in [5.41, 5.74) is 12.2. The second-order valence-corrected chi connectivity index (χ2v) is 16.8. The molecule has 0 amide bonds. The topological polar surface area (TPSA) is 16.4 Å². The van der Waals surface area contributed by atoms with Crippen molar-refractivity contribution < 1.29 is 4.42 Å². The maximum absolute atomic E-state index is 6.77. The van der Waals surface area contributed by atoms with Crippen molar-refractivity contribution in [3.05, 3.63) is 237 Å². The maximum atomic E-state index is 6.77. The van der Waals surface area contributed by atoms with Gasteiger partial charge < -0.3 is 9.32 Å². The molecule has 0 spiro atoms. The van der Waals surface area contributed by atoms with E-state index in [0.717, 1.165) is 60.9 Å². The van der Waals surface area contributed by atoms with Gasteiger partial charge in [0.05, 0.1) is 11.1 Å². The average molecular weight is 814 g/mol. The maximum Gasteiger partial charge on any atom is 0.143 e. The Labute approximate surface area is 370 Å². The molecule has 12 aromatic carbocycles. The van der Waals surface area contributed by atoms with Gasteiger partial charge in [-0.15, -0.1) is 0 Å². The third-order valence-corrected chi connectivity index (χ3v) is 13.2. The van der Waals surface area contributed by atoms with Gasteiger partial charge in [-0.2, -0.15) is 0 Å². The van der Waals surface area contributed by atoms with E-state index in [9.17, 15) is 0 Å². The first kappa shape index (κ1) is 36.2. The number of fused-ring (bicyclic) bond motifs is 11. The van der Waals surface area contributed by atoms with Crippen LogP contribution in [0, 0.1) is 0 Å². The lowest BCUT2D eigenvalue weighted by atomic mass is 9.84. The summed E-state index contributed by atoms with van der Waals surface area (Å²) in [4.78, 5) is 2.42. The zero-order valence-electron chi connectivity index (χ0n) is 34.9. The highest BCUT2D eigenvalue weighted by molar-refractivity contribution is 6.23. The average Bonchev–Trinajstić information content (AvgIpc) is 3.76. The summed E-state index contributed by atoms with van der Waals surface area (Å²) < 4.78 is 6.77. The summed E-state index contributed by atoms with van der Waals surface area (Å²) >= 11 is 0. The molecule has 0 atom stereocenters. The van der Waals surface area contributed by atoms with E-state index < -0.39 is 0 Å². The molecule has 0 radical (unpaired) electrons. The van der Waals surface area contributed by atoms with Crippen LogP contribution < -0.4 is 4.90 Å². The number of hydrogen-bond acceptors (Lipinski definition) is 2. The molecule has 0 saturated carbocycles. The Morgan fingerprint density at radius 3 is 1.61 bits per heavy atom. The summed E-state index contributed by atoms with van der Waals surface area (Å²) in [6.07, 6.45) is 0. The van der Waals surface area contributed by atoms with Crippen LogP contribution in [0.5, 0.6) is 0 Å². The monoisotopic (exact) mass is 813 g/mol. The van der Waals surface area contributed by atoms with Gasteiger partial charge in [-0.1, -0.05) is 188 Å². The number of rotatable bonds is 6. The summed E-state index contributed by atoms with van der Waals surface area (Å²) in [5, 5.41) is 14.4. The molecule has 0 aliphatic carbocycles. The predicted octanol–water partition coefficient (Wildman–Crippen LogP) is 17.8. The highest BCUT2D eigenvalue weighted by Crippen LogP contribution is 2.48. The Morgan fingerprint density at radius 2 is 0.812 bits per heavy atom. The normalized spacial score (nSPS) is 11.8. The SMILES string of the molecule is c1ccc(-c2c(-c3ccccc3)c3cc(-c4cccc(N(c5ccc6c(ccc7ccccc76)c5)c5cccc6oc7c8ccccc8ccc7c56)c4)ccc3c3ccccc23)cc1. The fourth-order valence-electron chi connectivity index (χ4n) is 10.3. The van der Waals surface area contributed by atoms with Crippen LogP contribution >= 0.6 is 0 Å². The zero-order valence-corrected chi connectivity index (χ0v) is 34.9. The number of nitrogens with zero attached hydrogens (tertiary/aromatic N) is 1. The van der Waals surface area contributed by atoms with Gasteiger partial charge in [0.1, 0.15) is 11.2 Å². The largest absolute Gasteiger partial charge is 0.455 e. The van der Waals surface area contributed by atoms with E-state index in [1.807, 2.05) is 0 Å². The van der Waals surface area contributed by atoms with E-state index >= 15 is 0 Å². The lowest BCUT2D eigenvalue weighted by Gasteiger charge is -2.27. The smallest absolute Gasteiger partial charge is 0.143 e. The van der Waals surface area contributed by atoms with Crippen LogP contribution in [-0.4, -0.2) is 0 Å². The first-order valence-corrected chi connectivity index (χ1v) is 22.0. The molecule has 0 fully saturated rings. The molecule has 0 unspecified atom stereocenters. The Hall–Kier alpha value is -8.46. The van der Waals surface area contributed by atoms with Gasteiger partial charge in [0.25, 0.3) is 0 Å². The van der Waals surface area contributed by atoms with Gasteiger partial charge in [-0.3, -0.25) is 0 Å². The molecule has 298 valence electrons. The van der Waals surface area contributed by atoms with E-state index in [1.165, 1.54) is 65.3 Å². The summed E-state index contributed by atoms with van der Waals surface area (Å²) in [5.74, 6) is 0. The fraction of sp³-hybridized carbons (Fsp3) is 0. The second-order valence-electron chi connectivity index (χ2n) is 16.8. The summed E-state index contributed by atoms with van der Waals surface area (Å²) in [6, 6.07) is 86.1. The van der Waals surface area contributed by atoms with Crippen molar-refractivity contribution in [1.82, 2.24) is 0 Å². The van der Waals surface area contributed by atoms with E-state index in [0.29, 0.717) is 0 Å². The van der Waals surface area contributed by atoms with Gasteiger partial charge >= 0.3 is 0 Å². The van der Waals surface area contributed by atoms with Crippen LogP contribution in [0.3, 0.4) is 0 Å². The van der Waals surface area contributed by atoms with Gasteiger partial charge in [0, 0.05) is 22.1 Å². The van der Waals surface area contributed by atoms with Crippen LogP contribution in [0.2, 0.25) is 0 Å². The molecule has 0 saturated heterocycles. The van der Waals surface area contributed by atoms with Gasteiger partial charge in [0.15, 0.2) is 0 Å². The van der Waals surface area contributed by atoms with Crippen LogP contribution in [-0.2, 0) is 0 Å². The molecule has 0 aliphatic rings. The molecule has 0 N–H and O–H groups in total. The Bertz CT molecular complexity index is 3960. The number of anilines is 3. The molecular weight excluding hydrogens is 775 g/mol. The highest BCUT2D eigenvalue weighted by Gasteiger charge is 2.22. The molecule has 0 aliphatic heterocycles. The summed E-state index contributed by atoms with van der Waals surface area (Å²) in [6.45, 7) is 0. The zero-order chi connectivity index (χ0) is 42.1. The third kappa shape index (κ3) is 5.73. The number of benzene rings is 12. The van der Waals surface area contributed by atoms with E-state index in [1.54, 1.807) is 0 Å². The Kier molecular flexibility index (Phi) is 8.25. The van der Waals surface area contributed by atoms with Crippen molar-refractivity contribution in [3.8, 4) is 33.4 Å². The second kappa shape index (κ2) is 14.6. The van der Waals surface area contributed by atoms with Crippen molar-refractivity contribution in [2.24, 2.45) is 0 Å². The van der Waals surface area contributed by atoms with Crippen molar-refractivity contribution >= 4 is 92.9 Å². The van der Waals surface area contributed by atoms with Crippen LogP contribution in [0.1, 0.15) is 0 Å². The Balaban J connectivity index is 1.05. The first-order chi connectivity index (χ1) is 31.7. The number of hydrogen-bond donors (Lipinski definition) is 0. The standard InChI is InChI=1S/C62H39NO/c1-3-17-42(18-4-1)59-54-26-12-11-25-52(54)53-34-32-45(39-56(53)60(59)43-19-5-2-6-20-43)44-21-13-22-47(37-44)63(48-33-36-50-46(38-48)30-29-40-15-7-9-23-49(40)50)57-27-14-28-58-61(57)55-35-31-41-16-8-10-24-51(41)62(55)64-58/h1-39H. The van der Waals surface area contributed by atoms with Crippen LogP contribution in [0.15, 0.2) is 241 Å². The van der Waals surface area contributed by atoms with Crippen molar-refractivity contribution in [1.29, 1.82) is 0 Å². The molecular formula is C62H39NO. The fourth-order valence-corrected chi connectivity index (χ4v) is 10.3. The van der Waals surface area contributed by atoms with Crippen molar-refractivity contribution in [3.63, 3.8) is 0 Å². The van der Waals surface area contributed by atoms with Crippen molar-refractivity contribution in [2.45, 2.75) is 0 Å².